The van der Waals surface area contributed by atoms with Gasteiger partial charge >= 0.3 is 6.16 Å². The third-order valence-electron chi connectivity index (χ3n) is 1.52. The van der Waals surface area contributed by atoms with Crippen LogP contribution in [-0.4, -0.2) is 12.8 Å². The molecule has 1 aromatic carbocycles. The molecule has 0 aliphatic heterocycles. The molecule has 0 N–H and O–H groups in total. The van der Waals surface area contributed by atoms with Gasteiger partial charge in [0.15, 0.2) is 0 Å². The van der Waals surface area contributed by atoms with Crippen molar-refractivity contribution in [2.24, 2.45) is 0 Å². The van der Waals surface area contributed by atoms with Crippen molar-refractivity contribution in [3.8, 4) is 5.75 Å². The number of hydrogen-bond donors (Lipinski definition) is 0. The summed E-state index contributed by atoms with van der Waals surface area (Å²) in [6.07, 6.45) is 0.00598. The maximum absolute atomic E-state index is 11.0. The summed E-state index contributed by atoms with van der Waals surface area (Å²) >= 11 is 11.4. The number of benzene rings is 1. The van der Waals surface area contributed by atoms with E-state index in [4.69, 9.17) is 32.7 Å². The van der Waals surface area contributed by atoms with Crippen LogP contribution in [0.1, 0.15) is 13.3 Å². The van der Waals surface area contributed by atoms with Crippen LogP contribution in [0.2, 0.25) is 10.0 Å². The fourth-order valence-corrected chi connectivity index (χ4v) is 1.14. The van der Waals surface area contributed by atoms with Crippen LogP contribution >= 0.6 is 23.2 Å². The van der Waals surface area contributed by atoms with Crippen molar-refractivity contribution in [1.29, 1.82) is 0 Å². The Morgan fingerprint density at radius 1 is 1.33 bits per heavy atom. The van der Waals surface area contributed by atoms with E-state index in [2.05, 4.69) is 0 Å². The molecule has 0 amide bonds. The van der Waals surface area contributed by atoms with Crippen LogP contribution in [0.5, 0.6) is 5.75 Å². The predicted octanol–water partition coefficient (Wildman–Crippen LogP) is 3.92. The molecular weight excluding hydrogens is 239 g/mol. The van der Waals surface area contributed by atoms with E-state index in [1.54, 1.807) is 12.1 Å². The maximum atomic E-state index is 11.0. The predicted molar refractivity (Wildman–Crippen MR) is 58.7 cm³/mol. The van der Waals surface area contributed by atoms with Gasteiger partial charge in [0.2, 0.25) is 0 Å². The summed E-state index contributed by atoms with van der Waals surface area (Å²) in [4.78, 5) is 11.0. The molecule has 0 fully saturated rings. The molecule has 82 valence electrons. The Hall–Kier alpha value is -0.930. The van der Waals surface area contributed by atoms with E-state index in [9.17, 15) is 4.79 Å². The fraction of sp³-hybridized carbons (Fsp3) is 0.300. The Morgan fingerprint density at radius 3 is 2.67 bits per heavy atom. The van der Waals surface area contributed by atoms with Gasteiger partial charge in [-0.2, -0.15) is 0 Å². The maximum Gasteiger partial charge on any atom is 0.513 e. The van der Waals surface area contributed by atoms with Gasteiger partial charge in [-0.1, -0.05) is 30.1 Å². The summed E-state index contributed by atoms with van der Waals surface area (Å²) < 4.78 is 9.58. The zero-order valence-electron chi connectivity index (χ0n) is 8.13. The Kier molecular flexibility index (Phi) is 4.72. The van der Waals surface area contributed by atoms with Crippen molar-refractivity contribution in [3.05, 3.63) is 28.2 Å². The van der Waals surface area contributed by atoms with E-state index in [1.165, 1.54) is 6.07 Å². The summed E-state index contributed by atoms with van der Waals surface area (Å²) in [5.74, 6) is 0.311. The number of halogens is 2. The molecule has 5 heteroatoms. The zero-order chi connectivity index (χ0) is 11.3. The van der Waals surface area contributed by atoms with Crippen LogP contribution in [0.4, 0.5) is 4.79 Å². The average Bonchev–Trinajstić information content (AvgIpc) is 2.20. The zero-order valence-corrected chi connectivity index (χ0v) is 9.64. The van der Waals surface area contributed by atoms with E-state index in [1.807, 2.05) is 6.92 Å². The van der Waals surface area contributed by atoms with Crippen LogP contribution < -0.4 is 4.74 Å². The van der Waals surface area contributed by atoms with E-state index >= 15 is 0 Å². The van der Waals surface area contributed by atoms with Crippen LogP contribution in [-0.2, 0) is 4.74 Å². The summed E-state index contributed by atoms with van der Waals surface area (Å²) in [6, 6.07) is 4.55. The lowest BCUT2D eigenvalue weighted by atomic mass is 10.3. The minimum Gasteiger partial charge on any atom is -0.434 e. The number of rotatable bonds is 3. The highest BCUT2D eigenvalue weighted by Gasteiger charge is 2.06. The van der Waals surface area contributed by atoms with Crippen LogP contribution in [0.25, 0.3) is 0 Å². The first-order valence-electron chi connectivity index (χ1n) is 4.43. The highest BCUT2D eigenvalue weighted by Crippen LogP contribution is 2.26. The van der Waals surface area contributed by atoms with Gasteiger partial charge in [0.25, 0.3) is 0 Å². The standard InChI is InChI=1S/C10H10Cl2O3/c1-2-5-14-10(13)15-7-3-4-8(11)9(12)6-7/h3-4,6H,2,5H2,1H3. The third-order valence-corrected chi connectivity index (χ3v) is 2.26. The van der Waals surface area contributed by atoms with Crippen molar-refractivity contribution in [1.82, 2.24) is 0 Å². The first kappa shape index (κ1) is 12.1. The highest BCUT2D eigenvalue weighted by molar-refractivity contribution is 6.42. The SMILES string of the molecule is CCCOC(=O)Oc1ccc(Cl)c(Cl)c1. The summed E-state index contributed by atoms with van der Waals surface area (Å²) in [5.41, 5.74) is 0. The van der Waals surface area contributed by atoms with Gasteiger partial charge in [0.05, 0.1) is 16.7 Å². The summed E-state index contributed by atoms with van der Waals surface area (Å²) in [6.45, 7) is 2.23. The molecule has 0 aliphatic carbocycles. The van der Waals surface area contributed by atoms with Gasteiger partial charge in [-0.3, -0.25) is 0 Å². The van der Waals surface area contributed by atoms with Gasteiger partial charge in [-0.15, -0.1) is 0 Å². The number of carbonyl (C=O) groups is 1. The van der Waals surface area contributed by atoms with Crippen LogP contribution in [0.15, 0.2) is 18.2 Å². The molecule has 0 unspecified atom stereocenters. The molecule has 1 aromatic rings. The molecule has 1 rings (SSSR count). The fourth-order valence-electron chi connectivity index (χ4n) is 0.851. The topological polar surface area (TPSA) is 35.5 Å². The normalized spacial score (nSPS) is 9.80. The van der Waals surface area contributed by atoms with Gasteiger partial charge < -0.3 is 9.47 Å². The monoisotopic (exact) mass is 248 g/mol. The molecule has 0 atom stereocenters. The smallest absolute Gasteiger partial charge is 0.434 e. The van der Waals surface area contributed by atoms with E-state index in [0.29, 0.717) is 22.4 Å². The molecule has 0 saturated carbocycles. The van der Waals surface area contributed by atoms with Gasteiger partial charge in [0, 0.05) is 6.07 Å². The Labute approximate surface area is 97.9 Å². The molecule has 0 heterocycles. The number of hydrogen-bond acceptors (Lipinski definition) is 3. The summed E-state index contributed by atoms with van der Waals surface area (Å²) in [5, 5.41) is 0.739. The van der Waals surface area contributed by atoms with Gasteiger partial charge in [-0.25, -0.2) is 4.79 Å². The average molecular weight is 249 g/mol. The molecule has 0 bridgehead atoms. The minimum atomic E-state index is -0.741. The molecule has 0 spiro atoms. The van der Waals surface area contributed by atoms with Gasteiger partial charge in [-0.05, 0) is 18.6 Å². The van der Waals surface area contributed by atoms with Crippen molar-refractivity contribution < 1.29 is 14.3 Å². The van der Waals surface area contributed by atoms with Crippen molar-refractivity contribution in [3.63, 3.8) is 0 Å². The Bertz CT molecular complexity index is 353. The molecule has 3 nitrogen and oxygen atoms in total. The van der Waals surface area contributed by atoms with Crippen molar-refractivity contribution in [2.45, 2.75) is 13.3 Å². The first-order valence-corrected chi connectivity index (χ1v) is 5.18. The lowest BCUT2D eigenvalue weighted by Gasteiger charge is -2.05. The van der Waals surface area contributed by atoms with Crippen LogP contribution in [0, 0.1) is 0 Å². The lowest BCUT2D eigenvalue weighted by Crippen LogP contribution is -2.10. The number of carbonyl (C=O) groups excluding carboxylic acids is 1. The van der Waals surface area contributed by atoms with Crippen molar-refractivity contribution in [2.75, 3.05) is 6.61 Å². The van der Waals surface area contributed by atoms with E-state index in [-0.39, 0.29) is 0 Å². The second kappa shape index (κ2) is 5.83. The van der Waals surface area contributed by atoms with Crippen molar-refractivity contribution >= 4 is 29.4 Å². The van der Waals surface area contributed by atoms with E-state index in [0.717, 1.165) is 6.42 Å². The second-order valence-corrected chi connectivity index (χ2v) is 3.59. The van der Waals surface area contributed by atoms with E-state index < -0.39 is 6.16 Å². The lowest BCUT2D eigenvalue weighted by molar-refractivity contribution is 0.0992. The number of ether oxygens (including phenoxy) is 2. The Morgan fingerprint density at radius 2 is 2.07 bits per heavy atom. The van der Waals surface area contributed by atoms with Crippen LogP contribution in [0.3, 0.4) is 0 Å². The molecule has 15 heavy (non-hydrogen) atoms. The summed E-state index contributed by atoms with van der Waals surface area (Å²) in [7, 11) is 0. The molecular formula is C10H10Cl2O3. The third kappa shape index (κ3) is 3.98. The minimum absolute atomic E-state index is 0.311. The quantitative estimate of drug-likeness (QED) is 0.601. The highest BCUT2D eigenvalue weighted by atomic mass is 35.5. The second-order valence-electron chi connectivity index (χ2n) is 2.78. The largest absolute Gasteiger partial charge is 0.513 e. The molecule has 0 saturated heterocycles. The molecule has 0 aromatic heterocycles. The molecule has 0 aliphatic rings. The van der Waals surface area contributed by atoms with Gasteiger partial charge in [0.1, 0.15) is 5.75 Å². The first-order chi connectivity index (χ1) is 7.13. The molecule has 0 radical (unpaired) electrons. The Balaban J connectivity index is 2.57.